The van der Waals surface area contributed by atoms with E-state index in [4.69, 9.17) is 4.74 Å². The van der Waals surface area contributed by atoms with Gasteiger partial charge in [0.2, 0.25) is 0 Å². The lowest BCUT2D eigenvalue weighted by Crippen LogP contribution is -2.20. The van der Waals surface area contributed by atoms with Gasteiger partial charge in [0, 0.05) is 13.0 Å². The predicted molar refractivity (Wildman–Crippen MR) is 79.6 cm³/mol. The standard InChI is InChI=1S/C17H16FNO2/c1-11-5-6-13(18)9-12(11)10-16(20)14-3-2-4-15-17(14)21-8-7-19-15/h2-6,9,19H,7-8,10H2,1H3. The van der Waals surface area contributed by atoms with Crippen molar-refractivity contribution in [3.63, 3.8) is 0 Å². The zero-order valence-electron chi connectivity index (χ0n) is 11.8. The molecule has 1 N–H and O–H groups in total. The molecule has 2 aromatic carbocycles. The van der Waals surface area contributed by atoms with Gasteiger partial charge in [-0.1, -0.05) is 12.1 Å². The van der Waals surface area contributed by atoms with Crippen molar-refractivity contribution in [2.24, 2.45) is 0 Å². The average molecular weight is 285 g/mol. The van der Waals surface area contributed by atoms with Crippen LogP contribution in [0, 0.1) is 12.7 Å². The first-order valence-electron chi connectivity index (χ1n) is 6.93. The van der Waals surface area contributed by atoms with Crippen LogP contribution in [0.2, 0.25) is 0 Å². The molecule has 0 saturated heterocycles. The van der Waals surface area contributed by atoms with E-state index >= 15 is 0 Å². The lowest BCUT2D eigenvalue weighted by Gasteiger charge is -2.21. The Bertz CT molecular complexity index is 697. The van der Waals surface area contributed by atoms with Crippen LogP contribution in [0.5, 0.6) is 5.75 Å². The van der Waals surface area contributed by atoms with E-state index in [-0.39, 0.29) is 18.0 Å². The molecule has 4 heteroatoms. The molecule has 0 saturated carbocycles. The molecule has 2 aromatic rings. The van der Waals surface area contributed by atoms with Crippen LogP contribution in [0.3, 0.4) is 0 Å². The molecule has 0 radical (unpaired) electrons. The van der Waals surface area contributed by atoms with Crippen LogP contribution < -0.4 is 10.1 Å². The van der Waals surface area contributed by atoms with Gasteiger partial charge in [0.1, 0.15) is 12.4 Å². The van der Waals surface area contributed by atoms with E-state index in [2.05, 4.69) is 5.32 Å². The highest BCUT2D eigenvalue weighted by Crippen LogP contribution is 2.32. The van der Waals surface area contributed by atoms with Gasteiger partial charge in [-0.25, -0.2) is 4.39 Å². The van der Waals surface area contributed by atoms with Gasteiger partial charge < -0.3 is 10.1 Å². The number of carbonyl (C=O) groups is 1. The van der Waals surface area contributed by atoms with Crippen molar-refractivity contribution < 1.29 is 13.9 Å². The van der Waals surface area contributed by atoms with E-state index in [0.717, 1.165) is 17.8 Å². The minimum Gasteiger partial charge on any atom is -0.489 e. The van der Waals surface area contributed by atoms with E-state index in [1.54, 1.807) is 12.1 Å². The average Bonchev–Trinajstić information content (AvgIpc) is 2.50. The Hall–Kier alpha value is -2.36. The summed E-state index contributed by atoms with van der Waals surface area (Å²) in [7, 11) is 0. The molecule has 0 amide bonds. The summed E-state index contributed by atoms with van der Waals surface area (Å²) >= 11 is 0. The second-order valence-corrected chi connectivity index (χ2v) is 5.13. The Morgan fingerprint density at radius 2 is 2.19 bits per heavy atom. The fourth-order valence-corrected chi connectivity index (χ4v) is 2.49. The van der Waals surface area contributed by atoms with Crippen molar-refractivity contribution in [3.8, 4) is 5.75 Å². The fraction of sp³-hybridized carbons (Fsp3) is 0.235. The van der Waals surface area contributed by atoms with Crippen LogP contribution in [-0.2, 0) is 6.42 Å². The van der Waals surface area contributed by atoms with Crippen LogP contribution in [0.4, 0.5) is 10.1 Å². The highest BCUT2D eigenvalue weighted by molar-refractivity contribution is 6.01. The van der Waals surface area contributed by atoms with E-state index in [1.165, 1.54) is 12.1 Å². The molecule has 1 aliphatic heterocycles. The molecule has 0 aliphatic carbocycles. The fourth-order valence-electron chi connectivity index (χ4n) is 2.49. The largest absolute Gasteiger partial charge is 0.489 e. The number of nitrogens with one attached hydrogen (secondary N) is 1. The van der Waals surface area contributed by atoms with Gasteiger partial charge in [-0.15, -0.1) is 0 Å². The SMILES string of the molecule is Cc1ccc(F)cc1CC(=O)c1cccc2c1OCCN2. The summed E-state index contributed by atoms with van der Waals surface area (Å²) < 4.78 is 18.9. The van der Waals surface area contributed by atoms with Gasteiger partial charge in [0.05, 0.1) is 11.3 Å². The summed E-state index contributed by atoms with van der Waals surface area (Å²) in [5, 5.41) is 3.21. The van der Waals surface area contributed by atoms with Crippen LogP contribution in [0.25, 0.3) is 0 Å². The zero-order chi connectivity index (χ0) is 14.8. The lowest BCUT2D eigenvalue weighted by molar-refractivity contribution is 0.0988. The van der Waals surface area contributed by atoms with Crippen LogP contribution in [0.15, 0.2) is 36.4 Å². The number of hydrogen-bond donors (Lipinski definition) is 1. The lowest BCUT2D eigenvalue weighted by atomic mass is 9.98. The Morgan fingerprint density at radius 1 is 1.33 bits per heavy atom. The van der Waals surface area contributed by atoms with E-state index in [9.17, 15) is 9.18 Å². The molecule has 21 heavy (non-hydrogen) atoms. The molecule has 0 atom stereocenters. The molecular formula is C17H16FNO2. The summed E-state index contributed by atoms with van der Waals surface area (Å²) in [6.45, 7) is 3.14. The van der Waals surface area contributed by atoms with Crippen molar-refractivity contribution in [2.45, 2.75) is 13.3 Å². The van der Waals surface area contributed by atoms with Crippen LogP contribution >= 0.6 is 0 Å². The molecule has 0 unspecified atom stereocenters. The first kappa shape index (κ1) is 13.6. The van der Waals surface area contributed by atoms with Crippen LogP contribution in [-0.4, -0.2) is 18.9 Å². The molecule has 1 heterocycles. The number of benzene rings is 2. The second kappa shape index (κ2) is 5.56. The number of rotatable bonds is 3. The molecule has 0 fully saturated rings. The summed E-state index contributed by atoms with van der Waals surface area (Å²) in [6, 6.07) is 9.98. The van der Waals surface area contributed by atoms with Crippen molar-refractivity contribution in [1.29, 1.82) is 0 Å². The molecule has 0 bridgehead atoms. The maximum absolute atomic E-state index is 13.3. The molecule has 0 spiro atoms. The predicted octanol–water partition coefficient (Wildman–Crippen LogP) is 3.36. The number of ether oxygens (including phenoxy) is 1. The number of para-hydroxylation sites is 1. The number of Topliss-reactive ketones (excluding diaryl/α,β-unsaturated/α-hetero) is 1. The Labute approximate surface area is 122 Å². The van der Waals surface area contributed by atoms with Gasteiger partial charge in [0.25, 0.3) is 0 Å². The minimum atomic E-state index is -0.323. The molecular weight excluding hydrogens is 269 g/mol. The summed E-state index contributed by atoms with van der Waals surface area (Å²) in [6.07, 6.45) is 0.170. The quantitative estimate of drug-likeness (QED) is 0.879. The Balaban J connectivity index is 1.91. The smallest absolute Gasteiger partial charge is 0.171 e. The number of hydrogen-bond acceptors (Lipinski definition) is 3. The normalized spacial score (nSPS) is 13.0. The minimum absolute atomic E-state index is 0.0655. The van der Waals surface area contributed by atoms with E-state index in [1.807, 2.05) is 19.1 Å². The number of carbonyl (C=O) groups excluding carboxylic acids is 1. The molecule has 1 aliphatic rings. The molecule has 3 rings (SSSR count). The first-order chi connectivity index (χ1) is 10.1. The summed E-state index contributed by atoms with van der Waals surface area (Å²) in [5.74, 6) is 0.212. The third kappa shape index (κ3) is 2.75. The topological polar surface area (TPSA) is 38.3 Å². The zero-order valence-corrected chi connectivity index (χ0v) is 11.8. The summed E-state index contributed by atoms with van der Waals surface area (Å²) in [5.41, 5.74) is 3.00. The number of aryl methyl sites for hydroxylation is 1. The highest BCUT2D eigenvalue weighted by Gasteiger charge is 2.19. The maximum Gasteiger partial charge on any atom is 0.171 e. The van der Waals surface area contributed by atoms with Crippen molar-refractivity contribution >= 4 is 11.5 Å². The molecule has 3 nitrogen and oxygen atoms in total. The Morgan fingerprint density at radius 3 is 3.05 bits per heavy atom. The van der Waals surface area contributed by atoms with Gasteiger partial charge in [-0.05, 0) is 42.3 Å². The number of halogens is 1. The monoisotopic (exact) mass is 285 g/mol. The number of ketones is 1. The van der Waals surface area contributed by atoms with Gasteiger partial charge in [-0.3, -0.25) is 4.79 Å². The van der Waals surface area contributed by atoms with Gasteiger partial charge in [-0.2, -0.15) is 0 Å². The molecule has 108 valence electrons. The van der Waals surface area contributed by atoms with Crippen molar-refractivity contribution in [3.05, 3.63) is 58.9 Å². The van der Waals surface area contributed by atoms with Crippen molar-refractivity contribution in [1.82, 2.24) is 0 Å². The second-order valence-electron chi connectivity index (χ2n) is 5.13. The van der Waals surface area contributed by atoms with Gasteiger partial charge in [0.15, 0.2) is 11.5 Å². The molecule has 0 aromatic heterocycles. The van der Waals surface area contributed by atoms with E-state index < -0.39 is 0 Å². The Kier molecular flexibility index (Phi) is 3.60. The van der Waals surface area contributed by atoms with Gasteiger partial charge >= 0.3 is 0 Å². The van der Waals surface area contributed by atoms with E-state index in [0.29, 0.717) is 23.5 Å². The third-order valence-electron chi connectivity index (χ3n) is 3.64. The third-order valence-corrected chi connectivity index (χ3v) is 3.64. The number of anilines is 1. The van der Waals surface area contributed by atoms with Crippen LogP contribution in [0.1, 0.15) is 21.5 Å². The highest BCUT2D eigenvalue weighted by atomic mass is 19.1. The number of fused-ring (bicyclic) bond motifs is 1. The van der Waals surface area contributed by atoms with Crippen molar-refractivity contribution in [2.75, 3.05) is 18.5 Å². The first-order valence-corrected chi connectivity index (χ1v) is 6.93. The maximum atomic E-state index is 13.3. The summed E-state index contributed by atoms with van der Waals surface area (Å²) in [4.78, 5) is 12.5.